The van der Waals surface area contributed by atoms with E-state index in [1.807, 2.05) is 180 Å². The van der Waals surface area contributed by atoms with Gasteiger partial charge < -0.3 is 63.2 Å². The van der Waals surface area contributed by atoms with E-state index < -0.39 is 23.8 Å². The lowest BCUT2D eigenvalue weighted by atomic mass is 10.1. The van der Waals surface area contributed by atoms with E-state index in [4.69, 9.17) is 37.9 Å². The van der Waals surface area contributed by atoms with E-state index >= 15 is 0 Å². The van der Waals surface area contributed by atoms with Crippen molar-refractivity contribution in [2.24, 2.45) is 0 Å². The molecular formula is C52H67N5O10. The highest BCUT2D eigenvalue weighted by atomic mass is 16.7. The predicted octanol–water partition coefficient (Wildman–Crippen LogP) is 8.46. The Kier molecular flexibility index (Phi) is 18.8. The van der Waals surface area contributed by atoms with Crippen LogP contribution in [0.5, 0.6) is 23.0 Å². The van der Waals surface area contributed by atoms with E-state index in [1.54, 1.807) is 20.3 Å². The molecule has 2 atom stereocenters. The SMILES string of the molecule is COc1cccc(CC(C)(OCCOC(=O)NCc2ccc(N(C)C)cc2)Oc2cc(OC(C)(Cc3cccc(OC)c3)OCCOC(=O)NCc3ccc(N(C)C)cc3)cc(N(C)C)c2)c1. The Labute approximate surface area is 395 Å². The molecule has 0 heterocycles. The second-order valence-corrected chi connectivity index (χ2v) is 16.9. The highest BCUT2D eigenvalue weighted by molar-refractivity contribution is 5.67. The minimum atomic E-state index is -1.25. The van der Waals surface area contributed by atoms with Gasteiger partial charge in [-0.05, 0) is 70.8 Å². The molecule has 0 bridgehead atoms. The zero-order valence-corrected chi connectivity index (χ0v) is 40.6. The smallest absolute Gasteiger partial charge is 0.407 e. The minimum Gasteiger partial charge on any atom is -0.497 e. The van der Waals surface area contributed by atoms with Gasteiger partial charge in [0.2, 0.25) is 11.6 Å². The highest BCUT2D eigenvalue weighted by Gasteiger charge is 2.32. The van der Waals surface area contributed by atoms with Crippen molar-refractivity contribution in [3.63, 3.8) is 0 Å². The summed E-state index contributed by atoms with van der Waals surface area (Å²) < 4.78 is 48.4. The molecule has 5 aromatic rings. The number of amides is 2. The summed E-state index contributed by atoms with van der Waals surface area (Å²) in [4.78, 5) is 31.3. The molecule has 2 amide bonds. The van der Waals surface area contributed by atoms with Crippen LogP contribution in [0.3, 0.4) is 0 Å². The topological polar surface area (TPSA) is 142 Å². The summed E-state index contributed by atoms with van der Waals surface area (Å²) >= 11 is 0. The normalized spacial score (nSPS) is 12.7. The fourth-order valence-electron chi connectivity index (χ4n) is 7.03. The summed E-state index contributed by atoms with van der Waals surface area (Å²) in [5, 5.41) is 5.60. The first kappa shape index (κ1) is 51.1. The third kappa shape index (κ3) is 16.8. The first-order valence-electron chi connectivity index (χ1n) is 22.1. The summed E-state index contributed by atoms with van der Waals surface area (Å²) in [5.74, 6) is -0.230. The van der Waals surface area contributed by atoms with Gasteiger partial charge in [0.25, 0.3) is 0 Å². The van der Waals surface area contributed by atoms with Crippen LogP contribution < -0.4 is 44.3 Å². The number of alkyl carbamates (subject to hydrolysis) is 2. The summed E-state index contributed by atoms with van der Waals surface area (Å²) in [6, 6.07) is 36.7. The average molecular weight is 922 g/mol. The van der Waals surface area contributed by atoms with Crippen LogP contribution in [-0.2, 0) is 44.9 Å². The Hall–Kier alpha value is -6.84. The summed E-state index contributed by atoms with van der Waals surface area (Å²) in [7, 11) is 15.0. The number of methoxy groups -OCH3 is 2. The average Bonchev–Trinajstić information content (AvgIpc) is 3.30. The van der Waals surface area contributed by atoms with E-state index in [1.165, 1.54) is 0 Å². The molecule has 0 aliphatic rings. The van der Waals surface area contributed by atoms with Gasteiger partial charge in [-0.25, -0.2) is 9.59 Å². The molecule has 0 aromatic heterocycles. The quantitative estimate of drug-likeness (QED) is 0.0428. The standard InChI is InChI=1S/C52H67N5O10/c1-51(34-40-13-11-15-45(29-40)60-9,64-27-25-62-49(58)53-36-38-17-21-42(22-18-38)55(3)4)66-47-31-44(57(7)8)32-48(33-47)67-52(2,35-41-14-12-16-46(30-41)61-10)65-28-26-63-50(59)54-37-39-19-23-43(24-20-39)56(5)6/h11-24,29-33H,25-28,34-37H2,1-10H3,(H,53,58)(H,54,59). The van der Waals surface area contributed by atoms with Gasteiger partial charge in [0.05, 0.1) is 27.4 Å². The van der Waals surface area contributed by atoms with Crippen molar-refractivity contribution in [2.75, 3.05) is 97.6 Å². The van der Waals surface area contributed by atoms with Crippen molar-refractivity contribution in [2.45, 2.75) is 51.4 Å². The Morgan fingerprint density at radius 3 is 1.21 bits per heavy atom. The summed E-state index contributed by atoms with van der Waals surface area (Å²) in [6.07, 6.45) is -0.497. The number of carbonyl (C=O) groups is 2. The van der Waals surface area contributed by atoms with Crippen molar-refractivity contribution >= 4 is 29.2 Å². The Morgan fingerprint density at radius 2 is 0.851 bits per heavy atom. The third-order valence-electron chi connectivity index (χ3n) is 10.6. The number of hydrogen-bond acceptors (Lipinski definition) is 13. The Balaban J connectivity index is 1.29. The number of carbonyl (C=O) groups excluding carboxylic acids is 2. The lowest BCUT2D eigenvalue weighted by molar-refractivity contribution is -0.177. The molecule has 15 nitrogen and oxygen atoms in total. The summed E-state index contributed by atoms with van der Waals surface area (Å²) in [5.41, 5.74) is 6.60. The molecule has 15 heteroatoms. The molecular weight excluding hydrogens is 855 g/mol. The highest BCUT2D eigenvalue weighted by Crippen LogP contribution is 2.35. The van der Waals surface area contributed by atoms with E-state index in [0.717, 1.165) is 39.3 Å². The van der Waals surface area contributed by atoms with Gasteiger partial charge in [-0.2, -0.15) is 0 Å². The van der Waals surface area contributed by atoms with Gasteiger partial charge >= 0.3 is 12.2 Å². The second-order valence-electron chi connectivity index (χ2n) is 16.9. The molecule has 0 saturated heterocycles. The zero-order chi connectivity index (χ0) is 48.4. The lowest BCUT2D eigenvalue weighted by Gasteiger charge is -2.33. The van der Waals surface area contributed by atoms with Crippen molar-refractivity contribution < 1.29 is 47.5 Å². The van der Waals surface area contributed by atoms with Gasteiger partial charge in [-0.15, -0.1) is 0 Å². The molecule has 0 spiro atoms. The molecule has 2 unspecified atom stereocenters. The van der Waals surface area contributed by atoms with Crippen molar-refractivity contribution in [1.29, 1.82) is 0 Å². The fourth-order valence-corrected chi connectivity index (χ4v) is 7.03. The van der Waals surface area contributed by atoms with Gasteiger partial charge in [0.15, 0.2) is 0 Å². The largest absolute Gasteiger partial charge is 0.497 e. The first-order valence-corrected chi connectivity index (χ1v) is 22.1. The number of anilines is 3. The van der Waals surface area contributed by atoms with Crippen molar-refractivity contribution in [3.05, 3.63) is 138 Å². The van der Waals surface area contributed by atoms with Crippen LogP contribution >= 0.6 is 0 Å². The summed E-state index contributed by atoms with van der Waals surface area (Å²) in [6.45, 7) is 4.34. The van der Waals surface area contributed by atoms with Crippen LogP contribution in [0.15, 0.2) is 115 Å². The second kappa shape index (κ2) is 24.6. The molecule has 0 saturated carbocycles. The lowest BCUT2D eigenvalue weighted by Crippen LogP contribution is -2.40. The molecule has 0 fully saturated rings. The van der Waals surface area contributed by atoms with Crippen molar-refractivity contribution in [3.8, 4) is 23.0 Å². The molecule has 2 N–H and O–H groups in total. The number of hydrogen-bond donors (Lipinski definition) is 2. The van der Waals surface area contributed by atoms with Crippen molar-refractivity contribution in [1.82, 2.24) is 10.6 Å². The van der Waals surface area contributed by atoms with Crippen LogP contribution in [0.1, 0.15) is 36.1 Å². The molecule has 67 heavy (non-hydrogen) atoms. The maximum absolute atomic E-state index is 12.7. The van der Waals surface area contributed by atoms with Gasteiger partial charge in [-0.3, -0.25) is 0 Å². The van der Waals surface area contributed by atoms with Crippen LogP contribution in [-0.4, -0.2) is 107 Å². The van der Waals surface area contributed by atoms with Gasteiger partial charge in [0, 0.05) is 117 Å². The van der Waals surface area contributed by atoms with E-state index in [2.05, 4.69) is 10.6 Å². The molecule has 360 valence electrons. The van der Waals surface area contributed by atoms with Gasteiger partial charge in [-0.1, -0.05) is 48.5 Å². The first-order chi connectivity index (χ1) is 32.0. The molecule has 0 aliphatic heterocycles. The number of ether oxygens (including phenoxy) is 8. The third-order valence-corrected chi connectivity index (χ3v) is 10.6. The van der Waals surface area contributed by atoms with E-state index in [9.17, 15) is 9.59 Å². The van der Waals surface area contributed by atoms with E-state index in [0.29, 0.717) is 48.9 Å². The molecule has 0 radical (unpaired) electrons. The van der Waals surface area contributed by atoms with Crippen LogP contribution in [0.4, 0.5) is 26.7 Å². The fraction of sp³-hybridized carbons (Fsp3) is 0.385. The Bertz CT molecular complexity index is 2170. The molecule has 5 rings (SSSR count). The molecule has 0 aliphatic carbocycles. The van der Waals surface area contributed by atoms with Crippen LogP contribution in [0.2, 0.25) is 0 Å². The Morgan fingerprint density at radius 1 is 0.463 bits per heavy atom. The number of nitrogens with one attached hydrogen (secondary N) is 2. The number of benzene rings is 5. The number of rotatable bonds is 25. The predicted molar refractivity (Wildman–Crippen MR) is 262 cm³/mol. The maximum Gasteiger partial charge on any atom is 0.407 e. The van der Waals surface area contributed by atoms with Gasteiger partial charge in [0.1, 0.15) is 36.2 Å². The molecule has 5 aromatic carbocycles. The zero-order valence-electron chi connectivity index (χ0n) is 40.6. The van der Waals surface area contributed by atoms with Crippen LogP contribution in [0.25, 0.3) is 0 Å². The maximum atomic E-state index is 12.7. The van der Waals surface area contributed by atoms with E-state index in [-0.39, 0.29) is 26.4 Å². The van der Waals surface area contributed by atoms with Crippen LogP contribution in [0, 0.1) is 0 Å². The number of nitrogens with zero attached hydrogens (tertiary/aromatic N) is 3. The minimum absolute atomic E-state index is 0.0231. The monoisotopic (exact) mass is 921 g/mol.